The van der Waals surface area contributed by atoms with Gasteiger partial charge in [0.15, 0.2) is 23.0 Å². The molecule has 2 aromatic carbocycles. The predicted octanol–water partition coefficient (Wildman–Crippen LogP) is 5.07. The summed E-state index contributed by atoms with van der Waals surface area (Å²) in [5.74, 6) is 3.46. The normalized spacial score (nSPS) is 16.3. The molecule has 3 aliphatic rings. The highest BCUT2D eigenvalue weighted by atomic mass is 32.1. The Morgan fingerprint density at radius 2 is 1.00 bits per heavy atom. The lowest BCUT2D eigenvalue weighted by atomic mass is 9.93. The molecule has 0 saturated heterocycles. The SMILES string of the molecule is c1c2c(cc3c4c(sc13)Cc1c(sc3cc5c(cc13)OCO5)C4)OCO2. The molecule has 0 saturated carbocycles. The van der Waals surface area contributed by atoms with E-state index in [9.17, 15) is 0 Å². The van der Waals surface area contributed by atoms with Gasteiger partial charge in [0, 0.05) is 54.9 Å². The monoisotopic (exact) mass is 380 g/mol. The maximum atomic E-state index is 5.59. The molecule has 0 spiro atoms. The van der Waals surface area contributed by atoms with Crippen molar-refractivity contribution in [3.8, 4) is 23.0 Å². The van der Waals surface area contributed by atoms with E-state index in [-0.39, 0.29) is 0 Å². The van der Waals surface area contributed by atoms with Crippen molar-refractivity contribution in [2.75, 3.05) is 13.6 Å². The van der Waals surface area contributed by atoms with Gasteiger partial charge >= 0.3 is 0 Å². The van der Waals surface area contributed by atoms with Gasteiger partial charge in [-0.25, -0.2) is 0 Å². The largest absolute Gasteiger partial charge is 0.454 e. The molecule has 7 rings (SSSR count). The van der Waals surface area contributed by atoms with E-state index in [1.165, 1.54) is 41.1 Å². The minimum Gasteiger partial charge on any atom is -0.454 e. The van der Waals surface area contributed by atoms with Crippen molar-refractivity contribution in [2.45, 2.75) is 12.8 Å². The number of thiophene rings is 2. The first-order chi connectivity index (χ1) is 12.8. The van der Waals surface area contributed by atoms with Crippen LogP contribution in [0.2, 0.25) is 0 Å². The van der Waals surface area contributed by atoms with Crippen LogP contribution in [0.15, 0.2) is 24.3 Å². The molecule has 128 valence electrons. The zero-order valence-corrected chi connectivity index (χ0v) is 15.2. The van der Waals surface area contributed by atoms with Gasteiger partial charge in [-0.15, -0.1) is 22.7 Å². The van der Waals surface area contributed by atoms with Crippen LogP contribution in [0.4, 0.5) is 0 Å². The molecule has 0 fully saturated rings. The average Bonchev–Trinajstić information content (AvgIpc) is 3.40. The molecule has 0 N–H and O–H groups in total. The summed E-state index contributed by atoms with van der Waals surface area (Å²) in [6, 6.07) is 8.57. The van der Waals surface area contributed by atoms with Gasteiger partial charge in [0.1, 0.15) is 0 Å². The van der Waals surface area contributed by atoms with Crippen LogP contribution >= 0.6 is 22.7 Å². The van der Waals surface area contributed by atoms with Gasteiger partial charge in [0.2, 0.25) is 13.6 Å². The van der Waals surface area contributed by atoms with Crippen molar-refractivity contribution in [1.29, 1.82) is 0 Å². The fraction of sp³-hybridized carbons (Fsp3) is 0.200. The van der Waals surface area contributed by atoms with Crippen LogP contribution in [0, 0.1) is 0 Å². The molecule has 0 radical (unpaired) electrons. The Hall–Kier alpha value is -2.44. The number of hydrogen-bond acceptors (Lipinski definition) is 6. The molecule has 1 aliphatic carbocycles. The van der Waals surface area contributed by atoms with E-state index >= 15 is 0 Å². The summed E-state index contributed by atoms with van der Waals surface area (Å²) in [6.45, 7) is 0.647. The van der Waals surface area contributed by atoms with Crippen LogP contribution in [0.1, 0.15) is 20.9 Å². The molecule has 4 aromatic rings. The topological polar surface area (TPSA) is 36.9 Å². The van der Waals surface area contributed by atoms with Gasteiger partial charge in [-0.3, -0.25) is 0 Å². The van der Waals surface area contributed by atoms with Crippen molar-refractivity contribution < 1.29 is 18.9 Å². The molecule has 4 nitrogen and oxygen atoms in total. The third-order valence-electron chi connectivity index (χ3n) is 5.41. The van der Waals surface area contributed by atoms with Crippen LogP contribution in [0.25, 0.3) is 20.2 Å². The van der Waals surface area contributed by atoms with Gasteiger partial charge in [-0.1, -0.05) is 0 Å². The lowest BCUT2D eigenvalue weighted by Crippen LogP contribution is -2.01. The fourth-order valence-electron chi connectivity index (χ4n) is 4.17. The molecule has 0 unspecified atom stereocenters. The highest BCUT2D eigenvalue weighted by molar-refractivity contribution is 7.20. The molecule has 0 atom stereocenters. The molecule has 6 heteroatoms. The summed E-state index contributed by atoms with van der Waals surface area (Å²) in [5, 5.41) is 2.62. The van der Waals surface area contributed by atoms with Crippen molar-refractivity contribution in [3.63, 3.8) is 0 Å². The van der Waals surface area contributed by atoms with E-state index in [1.54, 1.807) is 0 Å². The average molecular weight is 380 g/mol. The maximum Gasteiger partial charge on any atom is 0.231 e. The molecule has 2 aliphatic heterocycles. The van der Waals surface area contributed by atoms with Crippen LogP contribution < -0.4 is 18.9 Å². The van der Waals surface area contributed by atoms with Gasteiger partial charge in [-0.2, -0.15) is 0 Å². The quantitative estimate of drug-likeness (QED) is 0.376. The molecular weight excluding hydrogens is 368 g/mol. The summed E-state index contributed by atoms with van der Waals surface area (Å²) in [4.78, 5) is 2.90. The molecule has 0 amide bonds. The highest BCUT2D eigenvalue weighted by Crippen LogP contribution is 2.49. The summed E-state index contributed by atoms with van der Waals surface area (Å²) >= 11 is 3.76. The Morgan fingerprint density at radius 3 is 1.46 bits per heavy atom. The van der Waals surface area contributed by atoms with Gasteiger partial charge in [0.25, 0.3) is 0 Å². The first-order valence-electron chi connectivity index (χ1n) is 8.51. The zero-order valence-electron chi connectivity index (χ0n) is 13.6. The van der Waals surface area contributed by atoms with Crippen LogP contribution in [0.5, 0.6) is 23.0 Å². The van der Waals surface area contributed by atoms with E-state index in [0.717, 1.165) is 35.8 Å². The molecular formula is C20H12O4S2. The molecule has 4 heterocycles. The number of fused-ring (bicyclic) bond motifs is 8. The minimum atomic E-state index is 0.323. The Balaban J connectivity index is 1.42. The smallest absolute Gasteiger partial charge is 0.231 e. The number of rotatable bonds is 0. The molecule has 0 bridgehead atoms. The lowest BCUT2D eigenvalue weighted by molar-refractivity contribution is 0.173. The van der Waals surface area contributed by atoms with Crippen molar-refractivity contribution in [3.05, 3.63) is 45.1 Å². The molecule has 2 aromatic heterocycles. The Bertz CT molecular complexity index is 1150. The highest BCUT2D eigenvalue weighted by Gasteiger charge is 2.27. The third-order valence-corrected chi connectivity index (χ3v) is 7.80. The maximum absolute atomic E-state index is 5.59. The summed E-state index contributed by atoms with van der Waals surface area (Å²) in [5.41, 5.74) is 2.89. The van der Waals surface area contributed by atoms with Crippen molar-refractivity contribution in [2.24, 2.45) is 0 Å². The number of ether oxygens (including phenoxy) is 4. The standard InChI is InChI=1S/C20H12O4S2/c1-9-11-3-18-12(10-2-14-16(24-8-22-14)6-20(10)26-18)4-17(11)25-19(9)5-15-13(1)21-7-23-15/h1-2,5-6H,3-4,7-8H2. The summed E-state index contributed by atoms with van der Waals surface area (Å²) < 4.78 is 24.8. The third kappa shape index (κ3) is 1.68. The van der Waals surface area contributed by atoms with Crippen LogP contribution in [-0.2, 0) is 12.8 Å². The van der Waals surface area contributed by atoms with Gasteiger partial charge in [-0.05, 0) is 23.3 Å². The number of benzene rings is 2. The van der Waals surface area contributed by atoms with E-state index in [1.807, 2.05) is 22.7 Å². The Morgan fingerprint density at radius 1 is 0.577 bits per heavy atom. The number of hydrogen-bond donors (Lipinski definition) is 0. The first-order valence-corrected chi connectivity index (χ1v) is 10.1. The second kappa shape index (κ2) is 4.64. The van der Waals surface area contributed by atoms with Crippen molar-refractivity contribution in [1.82, 2.24) is 0 Å². The second-order valence-electron chi connectivity index (χ2n) is 6.76. The lowest BCUT2D eigenvalue weighted by Gasteiger charge is -2.13. The van der Waals surface area contributed by atoms with Gasteiger partial charge < -0.3 is 18.9 Å². The fourth-order valence-corrected chi connectivity index (χ4v) is 6.66. The van der Waals surface area contributed by atoms with E-state index in [4.69, 9.17) is 18.9 Å². The van der Waals surface area contributed by atoms with E-state index in [2.05, 4.69) is 24.3 Å². The van der Waals surface area contributed by atoms with E-state index in [0.29, 0.717) is 13.6 Å². The van der Waals surface area contributed by atoms with E-state index < -0.39 is 0 Å². The first kappa shape index (κ1) is 13.7. The summed E-state index contributed by atoms with van der Waals surface area (Å²) in [7, 11) is 0. The minimum absolute atomic E-state index is 0.323. The van der Waals surface area contributed by atoms with Crippen LogP contribution in [-0.4, -0.2) is 13.6 Å². The molecule has 26 heavy (non-hydrogen) atoms. The van der Waals surface area contributed by atoms with Gasteiger partial charge in [0.05, 0.1) is 0 Å². The Labute approximate surface area is 156 Å². The Kier molecular flexibility index (Phi) is 2.45. The predicted molar refractivity (Wildman–Crippen MR) is 102 cm³/mol. The van der Waals surface area contributed by atoms with Crippen LogP contribution in [0.3, 0.4) is 0 Å². The zero-order chi connectivity index (χ0) is 16.8. The van der Waals surface area contributed by atoms with Crippen molar-refractivity contribution >= 4 is 42.8 Å². The summed E-state index contributed by atoms with van der Waals surface area (Å²) in [6.07, 6.45) is 1.96. The second-order valence-corrected chi connectivity index (χ2v) is 9.04.